The Morgan fingerprint density at radius 2 is 2.00 bits per heavy atom. The lowest BCUT2D eigenvalue weighted by atomic mass is 10.3. The predicted octanol–water partition coefficient (Wildman–Crippen LogP) is 0.538. The zero-order valence-electron chi connectivity index (χ0n) is 6.49. The Balaban J connectivity index is 3.15. The van der Waals surface area contributed by atoms with E-state index in [1.165, 1.54) is 12.1 Å². The van der Waals surface area contributed by atoms with Crippen LogP contribution < -0.4 is 15.6 Å². The fraction of sp³-hybridized carbons (Fsp3) is 0. The van der Waals surface area contributed by atoms with Crippen molar-refractivity contribution in [3.05, 3.63) is 23.2 Å². The first-order valence-electron chi connectivity index (χ1n) is 3.24. The highest BCUT2D eigenvalue weighted by molar-refractivity contribution is 7.90. The number of nitrogens with two attached hydrogens (primary N) is 2. The van der Waals surface area contributed by atoms with Gasteiger partial charge in [-0.1, -0.05) is 17.7 Å². The lowest BCUT2D eigenvalue weighted by molar-refractivity contribution is 0.603. The summed E-state index contributed by atoms with van der Waals surface area (Å²) in [6.07, 6.45) is 0. The molecule has 1 aromatic rings. The number of para-hydroxylation sites is 1. The molecule has 1 rings (SSSR count). The van der Waals surface area contributed by atoms with Crippen molar-refractivity contribution < 1.29 is 8.42 Å². The van der Waals surface area contributed by atoms with Gasteiger partial charge in [-0.15, -0.1) is 0 Å². The molecule has 0 spiro atoms. The normalized spacial score (nSPS) is 11.2. The first-order valence-corrected chi connectivity index (χ1v) is 5.17. The van der Waals surface area contributed by atoms with Crippen molar-refractivity contribution in [2.45, 2.75) is 0 Å². The Morgan fingerprint density at radius 3 is 2.46 bits per heavy atom. The molecule has 0 atom stereocenters. The van der Waals surface area contributed by atoms with E-state index in [0.717, 1.165) is 0 Å². The Bertz CT molecular complexity index is 398. The van der Waals surface area contributed by atoms with Crippen molar-refractivity contribution >= 4 is 33.2 Å². The summed E-state index contributed by atoms with van der Waals surface area (Å²) in [5.74, 6) is 0. The van der Waals surface area contributed by atoms with Crippen molar-refractivity contribution in [2.24, 2.45) is 5.14 Å². The molecule has 5 N–H and O–H groups in total. The minimum Gasteiger partial charge on any atom is -0.397 e. The molecule has 0 amide bonds. The number of rotatable bonds is 2. The highest BCUT2D eigenvalue weighted by Gasteiger charge is 2.08. The first-order chi connectivity index (χ1) is 5.90. The first kappa shape index (κ1) is 10.1. The van der Waals surface area contributed by atoms with E-state index < -0.39 is 10.2 Å². The zero-order valence-corrected chi connectivity index (χ0v) is 8.06. The number of halogens is 1. The Morgan fingerprint density at radius 1 is 1.38 bits per heavy atom. The second kappa shape index (κ2) is 3.41. The fourth-order valence-corrected chi connectivity index (χ4v) is 1.59. The average molecular weight is 222 g/mol. The maximum atomic E-state index is 10.7. The van der Waals surface area contributed by atoms with Gasteiger partial charge in [0, 0.05) is 0 Å². The van der Waals surface area contributed by atoms with E-state index in [1.807, 2.05) is 4.72 Å². The number of anilines is 2. The Kier molecular flexibility index (Phi) is 2.65. The van der Waals surface area contributed by atoms with Gasteiger partial charge in [0.05, 0.1) is 16.4 Å². The summed E-state index contributed by atoms with van der Waals surface area (Å²) >= 11 is 5.67. The van der Waals surface area contributed by atoms with Crippen LogP contribution in [-0.2, 0) is 10.2 Å². The molecule has 7 heteroatoms. The Labute approximate surface area is 80.9 Å². The molecule has 0 aliphatic heterocycles. The zero-order chi connectivity index (χ0) is 10.1. The molecular weight excluding hydrogens is 214 g/mol. The van der Waals surface area contributed by atoms with Gasteiger partial charge in [0.25, 0.3) is 10.2 Å². The highest BCUT2D eigenvalue weighted by atomic mass is 35.5. The van der Waals surface area contributed by atoms with Crippen LogP contribution in [0.3, 0.4) is 0 Å². The molecule has 0 heterocycles. The molecule has 0 aliphatic carbocycles. The third-order valence-corrected chi connectivity index (χ3v) is 2.09. The molecule has 0 radical (unpaired) electrons. The van der Waals surface area contributed by atoms with Crippen LogP contribution in [0.2, 0.25) is 5.02 Å². The van der Waals surface area contributed by atoms with Crippen LogP contribution in [-0.4, -0.2) is 8.42 Å². The predicted molar refractivity (Wildman–Crippen MR) is 52.6 cm³/mol. The molecule has 0 fully saturated rings. The van der Waals surface area contributed by atoms with E-state index in [-0.39, 0.29) is 16.4 Å². The largest absolute Gasteiger partial charge is 0.397 e. The number of nitrogens with one attached hydrogen (secondary N) is 1. The molecule has 1 aromatic carbocycles. The fourth-order valence-electron chi connectivity index (χ4n) is 0.791. The van der Waals surface area contributed by atoms with Gasteiger partial charge in [0.15, 0.2) is 0 Å². The van der Waals surface area contributed by atoms with Crippen LogP contribution in [0.4, 0.5) is 11.4 Å². The summed E-state index contributed by atoms with van der Waals surface area (Å²) in [5, 5.41) is 4.95. The highest BCUT2D eigenvalue weighted by Crippen LogP contribution is 2.27. The molecule has 5 nitrogen and oxygen atoms in total. The van der Waals surface area contributed by atoms with Crippen molar-refractivity contribution in [1.29, 1.82) is 0 Å². The summed E-state index contributed by atoms with van der Waals surface area (Å²) in [5.41, 5.74) is 5.79. The van der Waals surface area contributed by atoms with Gasteiger partial charge >= 0.3 is 0 Å². The van der Waals surface area contributed by atoms with E-state index in [4.69, 9.17) is 22.5 Å². The number of hydrogen-bond acceptors (Lipinski definition) is 3. The molecule has 0 aromatic heterocycles. The molecule has 0 bridgehead atoms. The quantitative estimate of drug-likeness (QED) is 0.636. The van der Waals surface area contributed by atoms with E-state index in [2.05, 4.69) is 0 Å². The number of hydrogen-bond donors (Lipinski definition) is 3. The minimum atomic E-state index is -3.84. The van der Waals surface area contributed by atoms with E-state index in [1.54, 1.807) is 6.07 Å². The van der Waals surface area contributed by atoms with Crippen molar-refractivity contribution in [3.63, 3.8) is 0 Å². The molecule has 0 saturated carbocycles. The van der Waals surface area contributed by atoms with Crippen LogP contribution in [0.1, 0.15) is 0 Å². The van der Waals surface area contributed by atoms with Gasteiger partial charge in [-0.25, -0.2) is 5.14 Å². The summed E-state index contributed by atoms with van der Waals surface area (Å²) < 4.78 is 23.3. The summed E-state index contributed by atoms with van der Waals surface area (Å²) in [7, 11) is -3.84. The van der Waals surface area contributed by atoms with E-state index in [9.17, 15) is 8.42 Å². The molecule has 72 valence electrons. The van der Waals surface area contributed by atoms with Gasteiger partial charge < -0.3 is 5.73 Å². The monoisotopic (exact) mass is 221 g/mol. The summed E-state index contributed by atoms with van der Waals surface area (Å²) in [4.78, 5) is 0. The van der Waals surface area contributed by atoms with Crippen LogP contribution in [0.5, 0.6) is 0 Å². The van der Waals surface area contributed by atoms with Crippen LogP contribution in [0, 0.1) is 0 Å². The lowest BCUT2D eigenvalue weighted by Crippen LogP contribution is -2.22. The second-order valence-corrected chi connectivity index (χ2v) is 4.05. The van der Waals surface area contributed by atoms with Gasteiger partial charge in [-0.3, -0.25) is 4.72 Å². The number of benzene rings is 1. The molecular formula is C6H8ClN3O2S. The van der Waals surface area contributed by atoms with E-state index >= 15 is 0 Å². The molecule has 0 saturated heterocycles. The van der Waals surface area contributed by atoms with Crippen molar-refractivity contribution in [1.82, 2.24) is 0 Å². The summed E-state index contributed by atoms with van der Waals surface area (Å²) in [6, 6.07) is 4.62. The van der Waals surface area contributed by atoms with Crippen molar-refractivity contribution in [3.8, 4) is 0 Å². The van der Waals surface area contributed by atoms with Gasteiger partial charge in [-0.2, -0.15) is 8.42 Å². The van der Waals surface area contributed by atoms with Gasteiger partial charge in [0.1, 0.15) is 0 Å². The minimum absolute atomic E-state index is 0.103. The standard InChI is InChI=1S/C6H8ClN3O2S/c7-4-2-1-3-5(8)6(4)10-13(9,11)12/h1-3,10H,8H2,(H2,9,11,12). The molecule has 0 aliphatic rings. The third kappa shape index (κ3) is 2.76. The van der Waals surface area contributed by atoms with Crippen LogP contribution in [0.15, 0.2) is 18.2 Å². The molecule has 0 unspecified atom stereocenters. The maximum Gasteiger partial charge on any atom is 0.296 e. The Hall–Kier alpha value is -0.980. The smallest absolute Gasteiger partial charge is 0.296 e. The van der Waals surface area contributed by atoms with Gasteiger partial charge in [-0.05, 0) is 12.1 Å². The second-order valence-electron chi connectivity index (χ2n) is 2.35. The average Bonchev–Trinajstić information content (AvgIpc) is 1.95. The number of nitrogen functional groups attached to an aromatic ring is 1. The van der Waals surface area contributed by atoms with Crippen LogP contribution >= 0.6 is 11.6 Å². The van der Waals surface area contributed by atoms with Crippen molar-refractivity contribution in [2.75, 3.05) is 10.5 Å². The van der Waals surface area contributed by atoms with E-state index in [0.29, 0.717) is 0 Å². The lowest BCUT2D eigenvalue weighted by Gasteiger charge is -2.07. The molecule has 13 heavy (non-hydrogen) atoms. The van der Waals surface area contributed by atoms with Gasteiger partial charge in [0.2, 0.25) is 0 Å². The SMILES string of the molecule is Nc1cccc(Cl)c1NS(N)(=O)=O. The third-order valence-electron chi connectivity index (χ3n) is 1.29. The van der Waals surface area contributed by atoms with Crippen LogP contribution in [0.25, 0.3) is 0 Å². The maximum absolute atomic E-state index is 10.7. The topological polar surface area (TPSA) is 98.2 Å². The summed E-state index contributed by atoms with van der Waals surface area (Å²) in [6.45, 7) is 0.